The van der Waals surface area contributed by atoms with E-state index in [1.807, 2.05) is 6.07 Å². The molecule has 1 aromatic carbocycles. The van der Waals surface area contributed by atoms with Crippen molar-refractivity contribution in [3.63, 3.8) is 0 Å². The molecule has 1 aromatic rings. The molecule has 96 valence electrons. The minimum Gasteiger partial charge on any atom is -0.497 e. The third kappa shape index (κ3) is 2.03. The zero-order valence-electron chi connectivity index (χ0n) is 10.3. The summed E-state index contributed by atoms with van der Waals surface area (Å²) in [6, 6.07) is 6.75. The lowest BCUT2D eigenvalue weighted by Crippen LogP contribution is -2.26. The summed E-state index contributed by atoms with van der Waals surface area (Å²) in [4.78, 5) is 24.4. The first-order valence-electron chi connectivity index (χ1n) is 5.67. The monoisotopic (exact) mass is 249 g/mol. The molecular formula is C13H15NO4. The number of ether oxygens (including phenoxy) is 1. The Morgan fingerprint density at radius 3 is 2.83 bits per heavy atom. The zero-order chi connectivity index (χ0) is 13.3. The molecule has 0 radical (unpaired) electrons. The molecule has 5 nitrogen and oxygen atoms in total. The van der Waals surface area contributed by atoms with Crippen molar-refractivity contribution in [2.24, 2.45) is 5.92 Å². The maximum atomic E-state index is 11.7. The quantitative estimate of drug-likeness (QED) is 0.876. The molecule has 0 unspecified atom stereocenters. The van der Waals surface area contributed by atoms with Gasteiger partial charge in [-0.3, -0.25) is 9.59 Å². The molecule has 0 bridgehead atoms. The number of nitrogens with zero attached hydrogens (tertiary/aromatic N) is 1. The molecule has 1 heterocycles. The van der Waals surface area contributed by atoms with Gasteiger partial charge in [0.2, 0.25) is 5.91 Å². The fourth-order valence-electron chi connectivity index (χ4n) is 2.37. The van der Waals surface area contributed by atoms with Crippen LogP contribution in [-0.2, 0) is 9.59 Å². The predicted octanol–water partition coefficient (Wildman–Crippen LogP) is 1.30. The smallest absolute Gasteiger partial charge is 0.309 e. The summed E-state index contributed by atoms with van der Waals surface area (Å²) in [5, 5.41) is 9.20. The van der Waals surface area contributed by atoms with Gasteiger partial charge in [-0.2, -0.15) is 0 Å². The standard InChI is InChI=1S/C13H15NO4/c1-14-11(15)7-10(13(16)17)12(14)8-4-3-5-9(6-8)18-2/h3-6,10,12H,7H2,1-2H3,(H,16,17)/t10-,12+/m1/s1. The van der Waals surface area contributed by atoms with Crippen molar-refractivity contribution in [3.8, 4) is 5.75 Å². The lowest BCUT2D eigenvalue weighted by molar-refractivity contribution is -0.142. The molecule has 5 heteroatoms. The minimum atomic E-state index is -0.944. The van der Waals surface area contributed by atoms with Gasteiger partial charge in [0.25, 0.3) is 0 Å². The summed E-state index contributed by atoms with van der Waals surface area (Å²) in [5.41, 5.74) is 0.787. The third-order valence-corrected chi connectivity index (χ3v) is 3.34. The number of likely N-dealkylation sites (tertiary alicyclic amines) is 1. The number of methoxy groups -OCH3 is 1. The lowest BCUT2D eigenvalue weighted by Gasteiger charge is -2.23. The second-order valence-electron chi connectivity index (χ2n) is 4.37. The van der Waals surface area contributed by atoms with Crippen molar-refractivity contribution in [3.05, 3.63) is 29.8 Å². The Morgan fingerprint density at radius 2 is 2.22 bits per heavy atom. The number of hydrogen-bond acceptors (Lipinski definition) is 3. The Hall–Kier alpha value is -2.04. The number of carboxylic acids is 1. The number of carbonyl (C=O) groups excluding carboxylic acids is 1. The number of rotatable bonds is 3. The van der Waals surface area contributed by atoms with Gasteiger partial charge in [0.15, 0.2) is 0 Å². The number of benzene rings is 1. The highest BCUT2D eigenvalue weighted by atomic mass is 16.5. The number of carbonyl (C=O) groups is 2. The summed E-state index contributed by atoms with van der Waals surface area (Å²) in [7, 11) is 3.19. The first-order chi connectivity index (χ1) is 8.54. The number of amides is 1. The average Bonchev–Trinajstić information content (AvgIpc) is 2.66. The van der Waals surface area contributed by atoms with Crippen molar-refractivity contribution >= 4 is 11.9 Å². The van der Waals surface area contributed by atoms with Crippen LogP contribution in [0.5, 0.6) is 5.75 Å². The van der Waals surface area contributed by atoms with Crippen LogP contribution in [-0.4, -0.2) is 36.0 Å². The summed E-state index contributed by atoms with van der Waals surface area (Å²) >= 11 is 0. The molecule has 0 aromatic heterocycles. The minimum absolute atomic E-state index is 0.0493. The van der Waals surface area contributed by atoms with Crippen LogP contribution in [0, 0.1) is 5.92 Å². The van der Waals surface area contributed by atoms with Crippen molar-refractivity contribution in [1.29, 1.82) is 0 Å². The molecule has 1 saturated heterocycles. The number of carboxylic acid groups (broad SMARTS) is 1. The second-order valence-corrected chi connectivity index (χ2v) is 4.37. The van der Waals surface area contributed by atoms with Gasteiger partial charge in [-0.1, -0.05) is 12.1 Å². The first kappa shape index (κ1) is 12.4. The molecule has 0 spiro atoms. The third-order valence-electron chi connectivity index (χ3n) is 3.34. The van der Waals surface area contributed by atoms with Crippen molar-refractivity contribution < 1.29 is 19.4 Å². The molecule has 1 fully saturated rings. The van der Waals surface area contributed by atoms with Crippen LogP contribution in [0.4, 0.5) is 0 Å². The van der Waals surface area contributed by atoms with Crippen LogP contribution in [0.3, 0.4) is 0 Å². The van der Waals surface area contributed by atoms with Gasteiger partial charge in [0.05, 0.1) is 19.1 Å². The molecule has 1 aliphatic rings. The SMILES string of the molecule is COc1cccc([C@H]2[C@H](C(=O)O)CC(=O)N2C)c1. The first-order valence-corrected chi connectivity index (χ1v) is 5.67. The molecule has 18 heavy (non-hydrogen) atoms. The highest BCUT2D eigenvalue weighted by Gasteiger charge is 2.42. The Bertz CT molecular complexity index is 486. The van der Waals surface area contributed by atoms with Crippen molar-refractivity contribution in [1.82, 2.24) is 4.90 Å². The van der Waals surface area contributed by atoms with Crippen molar-refractivity contribution in [2.75, 3.05) is 14.2 Å². The Morgan fingerprint density at radius 1 is 1.50 bits per heavy atom. The normalized spacial score (nSPS) is 23.2. The van der Waals surface area contributed by atoms with E-state index in [4.69, 9.17) is 4.74 Å². The van der Waals surface area contributed by atoms with E-state index in [1.54, 1.807) is 32.4 Å². The van der Waals surface area contributed by atoms with E-state index in [1.165, 1.54) is 4.90 Å². The Kier molecular flexibility index (Phi) is 3.23. The highest BCUT2D eigenvalue weighted by molar-refractivity contribution is 5.87. The largest absolute Gasteiger partial charge is 0.497 e. The second kappa shape index (κ2) is 4.68. The predicted molar refractivity (Wildman–Crippen MR) is 64.2 cm³/mol. The van der Waals surface area contributed by atoms with Gasteiger partial charge in [0.1, 0.15) is 5.75 Å². The maximum Gasteiger partial charge on any atom is 0.309 e. The van der Waals surface area contributed by atoms with Gasteiger partial charge >= 0.3 is 5.97 Å². The van der Waals surface area contributed by atoms with Crippen LogP contribution < -0.4 is 4.74 Å². The fraction of sp³-hybridized carbons (Fsp3) is 0.385. The van der Waals surface area contributed by atoms with Crippen LogP contribution in [0.25, 0.3) is 0 Å². The van der Waals surface area contributed by atoms with Gasteiger partial charge in [-0.15, -0.1) is 0 Å². The van der Waals surface area contributed by atoms with Gasteiger partial charge in [-0.25, -0.2) is 0 Å². The average molecular weight is 249 g/mol. The van der Waals surface area contributed by atoms with Crippen LogP contribution in [0.1, 0.15) is 18.0 Å². The molecule has 0 saturated carbocycles. The molecule has 2 atom stereocenters. The van der Waals surface area contributed by atoms with Gasteiger partial charge in [-0.05, 0) is 17.7 Å². The summed E-state index contributed by atoms with van der Waals surface area (Å²) < 4.78 is 5.12. The lowest BCUT2D eigenvalue weighted by atomic mass is 9.94. The summed E-state index contributed by atoms with van der Waals surface area (Å²) in [6.07, 6.45) is 0.0493. The van der Waals surface area contributed by atoms with E-state index in [-0.39, 0.29) is 12.3 Å². The highest BCUT2D eigenvalue weighted by Crippen LogP contribution is 2.37. The maximum absolute atomic E-state index is 11.7. The summed E-state index contributed by atoms with van der Waals surface area (Å²) in [5.74, 6) is -1.13. The van der Waals surface area contributed by atoms with E-state index >= 15 is 0 Å². The van der Waals surface area contributed by atoms with E-state index < -0.39 is 17.9 Å². The van der Waals surface area contributed by atoms with Gasteiger partial charge in [0, 0.05) is 13.5 Å². The molecule has 1 N–H and O–H groups in total. The Labute approximate surface area is 105 Å². The number of aliphatic carboxylic acids is 1. The number of hydrogen-bond donors (Lipinski definition) is 1. The molecule has 1 aliphatic heterocycles. The van der Waals surface area contributed by atoms with E-state index in [0.29, 0.717) is 5.75 Å². The van der Waals surface area contributed by atoms with E-state index in [9.17, 15) is 14.7 Å². The fourth-order valence-corrected chi connectivity index (χ4v) is 2.37. The molecule has 2 rings (SSSR count). The van der Waals surface area contributed by atoms with E-state index in [2.05, 4.69) is 0 Å². The van der Waals surface area contributed by atoms with Gasteiger partial charge < -0.3 is 14.7 Å². The topological polar surface area (TPSA) is 66.8 Å². The molecular weight excluding hydrogens is 234 g/mol. The van der Waals surface area contributed by atoms with E-state index in [0.717, 1.165) is 5.56 Å². The van der Waals surface area contributed by atoms with Crippen LogP contribution >= 0.6 is 0 Å². The van der Waals surface area contributed by atoms with Crippen LogP contribution in [0.15, 0.2) is 24.3 Å². The Balaban J connectivity index is 2.39. The van der Waals surface area contributed by atoms with Crippen LogP contribution in [0.2, 0.25) is 0 Å². The molecule has 1 amide bonds. The molecule has 0 aliphatic carbocycles. The zero-order valence-corrected chi connectivity index (χ0v) is 10.3. The summed E-state index contributed by atoms with van der Waals surface area (Å²) in [6.45, 7) is 0. The van der Waals surface area contributed by atoms with Crippen molar-refractivity contribution in [2.45, 2.75) is 12.5 Å².